The van der Waals surface area contributed by atoms with Crippen LogP contribution in [-0.2, 0) is 14.3 Å². The van der Waals surface area contributed by atoms with Crippen LogP contribution in [0.1, 0.15) is 45.1 Å². The van der Waals surface area contributed by atoms with Crippen LogP contribution in [0.25, 0.3) is 0 Å². The SMILES string of the molecule is CC[C@H](C(=O)OCC(=O)NC(=O)N[C@@H](C)CC)c1ccccc1. The molecule has 0 saturated heterocycles. The Labute approximate surface area is 136 Å². The summed E-state index contributed by atoms with van der Waals surface area (Å²) in [4.78, 5) is 35.2. The van der Waals surface area contributed by atoms with Crippen molar-refractivity contribution in [3.63, 3.8) is 0 Å². The summed E-state index contributed by atoms with van der Waals surface area (Å²) in [5, 5.41) is 4.73. The van der Waals surface area contributed by atoms with Gasteiger partial charge in [-0.15, -0.1) is 0 Å². The van der Waals surface area contributed by atoms with Crippen LogP contribution in [-0.4, -0.2) is 30.6 Å². The predicted molar refractivity (Wildman–Crippen MR) is 86.9 cm³/mol. The summed E-state index contributed by atoms with van der Waals surface area (Å²) in [6.45, 7) is 5.15. The third kappa shape index (κ3) is 6.50. The van der Waals surface area contributed by atoms with E-state index < -0.39 is 30.4 Å². The van der Waals surface area contributed by atoms with E-state index in [1.807, 2.05) is 51.1 Å². The molecule has 1 aromatic rings. The van der Waals surface area contributed by atoms with E-state index in [4.69, 9.17) is 4.74 Å². The van der Waals surface area contributed by atoms with Crippen LogP contribution in [0.5, 0.6) is 0 Å². The lowest BCUT2D eigenvalue weighted by Gasteiger charge is -2.15. The number of hydrogen-bond donors (Lipinski definition) is 2. The number of amides is 3. The van der Waals surface area contributed by atoms with E-state index in [9.17, 15) is 14.4 Å². The Hall–Kier alpha value is -2.37. The van der Waals surface area contributed by atoms with E-state index in [1.165, 1.54) is 0 Å². The molecule has 23 heavy (non-hydrogen) atoms. The monoisotopic (exact) mass is 320 g/mol. The van der Waals surface area contributed by atoms with E-state index in [0.29, 0.717) is 6.42 Å². The molecule has 0 bridgehead atoms. The number of ether oxygens (including phenoxy) is 1. The molecule has 126 valence electrons. The number of urea groups is 1. The Morgan fingerprint density at radius 2 is 1.74 bits per heavy atom. The lowest BCUT2D eigenvalue weighted by molar-refractivity contribution is -0.149. The van der Waals surface area contributed by atoms with Gasteiger partial charge in [0.1, 0.15) is 0 Å². The molecule has 0 aliphatic heterocycles. The van der Waals surface area contributed by atoms with Crippen LogP contribution in [0, 0.1) is 0 Å². The summed E-state index contributed by atoms with van der Waals surface area (Å²) in [5.41, 5.74) is 0.843. The minimum Gasteiger partial charge on any atom is -0.455 e. The van der Waals surface area contributed by atoms with Gasteiger partial charge in [0.2, 0.25) is 0 Å². The highest BCUT2D eigenvalue weighted by molar-refractivity contribution is 5.95. The number of benzene rings is 1. The van der Waals surface area contributed by atoms with Crippen LogP contribution >= 0.6 is 0 Å². The summed E-state index contributed by atoms with van der Waals surface area (Å²) >= 11 is 0. The molecule has 0 fully saturated rings. The molecule has 6 nitrogen and oxygen atoms in total. The van der Waals surface area contributed by atoms with Crippen molar-refractivity contribution < 1.29 is 19.1 Å². The largest absolute Gasteiger partial charge is 0.455 e. The third-order valence-electron chi connectivity index (χ3n) is 3.48. The molecule has 6 heteroatoms. The lowest BCUT2D eigenvalue weighted by Crippen LogP contribution is -2.44. The van der Waals surface area contributed by atoms with Gasteiger partial charge in [-0.3, -0.25) is 14.9 Å². The van der Waals surface area contributed by atoms with E-state index in [2.05, 4.69) is 10.6 Å². The first-order valence-corrected chi connectivity index (χ1v) is 7.79. The highest BCUT2D eigenvalue weighted by atomic mass is 16.5. The summed E-state index contributed by atoms with van der Waals surface area (Å²) in [6, 6.07) is 8.62. The van der Waals surface area contributed by atoms with Crippen molar-refractivity contribution in [3.05, 3.63) is 35.9 Å². The zero-order valence-electron chi connectivity index (χ0n) is 13.8. The highest BCUT2D eigenvalue weighted by Crippen LogP contribution is 2.20. The third-order valence-corrected chi connectivity index (χ3v) is 3.48. The molecule has 1 rings (SSSR count). The summed E-state index contributed by atoms with van der Waals surface area (Å²) in [6.07, 6.45) is 1.32. The average molecular weight is 320 g/mol. The Morgan fingerprint density at radius 3 is 2.30 bits per heavy atom. The number of nitrogens with one attached hydrogen (secondary N) is 2. The fourth-order valence-electron chi connectivity index (χ4n) is 1.99. The quantitative estimate of drug-likeness (QED) is 0.755. The van der Waals surface area contributed by atoms with Crippen molar-refractivity contribution in [1.82, 2.24) is 10.6 Å². The van der Waals surface area contributed by atoms with Crippen molar-refractivity contribution in [2.75, 3.05) is 6.61 Å². The Morgan fingerprint density at radius 1 is 1.09 bits per heavy atom. The Bertz CT molecular complexity index is 531. The van der Waals surface area contributed by atoms with Gasteiger partial charge in [-0.25, -0.2) is 4.79 Å². The molecule has 2 N–H and O–H groups in total. The maximum absolute atomic E-state index is 12.1. The number of imide groups is 1. The number of carbonyl (C=O) groups excluding carboxylic acids is 3. The van der Waals surface area contributed by atoms with Crippen molar-refractivity contribution in [1.29, 1.82) is 0 Å². The number of esters is 1. The zero-order chi connectivity index (χ0) is 17.2. The first kappa shape index (κ1) is 18.7. The van der Waals surface area contributed by atoms with Crippen molar-refractivity contribution in [2.24, 2.45) is 0 Å². The van der Waals surface area contributed by atoms with Gasteiger partial charge in [0.25, 0.3) is 5.91 Å². The van der Waals surface area contributed by atoms with Crippen LogP contribution in [0.4, 0.5) is 4.79 Å². The summed E-state index contributed by atoms with van der Waals surface area (Å²) < 4.78 is 5.01. The van der Waals surface area contributed by atoms with Gasteiger partial charge in [0.05, 0.1) is 5.92 Å². The van der Waals surface area contributed by atoms with Crippen LogP contribution in [0.15, 0.2) is 30.3 Å². The molecule has 0 aliphatic rings. The molecule has 1 aromatic carbocycles. The molecular weight excluding hydrogens is 296 g/mol. The predicted octanol–water partition coefficient (Wildman–Crippen LogP) is 2.35. The Kier molecular flexibility index (Phi) is 7.80. The minimum absolute atomic E-state index is 0.0343. The maximum Gasteiger partial charge on any atom is 0.321 e. The van der Waals surface area contributed by atoms with Crippen molar-refractivity contribution >= 4 is 17.9 Å². The summed E-state index contributed by atoms with van der Waals surface area (Å²) in [7, 11) is 0. The van der Waals surface area contributed by atoms with E-state index >= 15 is 0 Å². The smallest absolute Gasteiger partial charge is 0.321 e. The fourth-order valence-corrected chi connectivity index (χ4v) is 1.99. The second-order valence-corrected chi connectivity index (χ2v) is 5.31. The summed E-state index contributed by atoms with van der Waals surface area (Å²) in [5.74, 6) is -1.55. The standard InChI is InChI=1S/C17H24N2O4/c1-4-12(3)18-17(22)19-15(20)11-23-16(21)14(5-2)13-9-7-6-8-10-13/h6-10,12,14H,4-5,11H2,1-3H3,(H2,18,19,20,22)/t12-,14-/m0/s1. The van der Waals surface area contributed by atoms with Crippen molar-refractivity contribution in [3.8, 4) is 0 Å². The van der Waals surface area contributed by atoms with Crippen LogP contribution in [0.3, 0.4) is 0 Å². The second-order valence-electron chi connectivity index (χ2n) is 5.31. The Balaban J connectivity index is 2.45. The molecular formula is C17H24N2O4. The molecule has 0 unspecified atom stereocenters. The van der Waals surface area contributed by atoms with Gasteiger partial charge in [0, 0.05) is 6.04 Å². The first-order valence-electron chi connectivity index (χ1n) is 7.79. The van der Waals surface area contributed by atoms with Crippen molar-refractivity contribution in [2.45, 2.75) is 45.6 Å². The molecule has 0 spiro atoms. The zero-order valence-corrected chi connectivity index (χ0v) is 13.8. The maximum atomic E-state index is 12.1. The molecule has 0 saturated carbocycles. The van der Waals surface area contributed by atoms with Gasteiger partial charge in [-0.05, 0) is 25.3 Å². The van der Waals surface area contributed by atoms with E-state index in [-0.39, 0.29) is 6.04 Å². The molecule has 0 aliphatic carbocycles. The number of hydrogen-bond acceptors (Lipinski definition) is 4. The number of carbonyl (C=O) groups is 3. The van der Waals surface area contributed by atoms with Gasteiger partial charge in [-0.2, -0.15) is 0 Å². The first-order chi connectivity index (χ1) is 11.0. The normalized spacial score (nSPS) is 12.8. The lowest BCUT2D eigenvalue weighted by atomic mass is 9.97. The number of rotatable bonds is 7. The highest BCUT2D eigenvalue weighted by Gasteiger charge is 2.21. The topological polar surface area (TPSA) is 84.5 Å². The second kappa shape index (κ2) is 9.61. The van der Waals surface area contributed by atoms with Gasteiger partial charge in [0.15, 0.2) is 6.61 Å². The van der Waals surface area contributed by atoms with Crippen LogP contribution < -0.4 is 10.6 Å². The van der Waals surface area contributed by atoms with E-state index in [0.717, 1.165) is 12.0 Å². The van der Waals surface area contributed by atoms with E-state index in [1.54, 1.807) is 0 Å². The van der Waals surface area contributed by atoms with Crippen LogP contribution in [0.2, 0.25) is 0 Å². The van der Waals surface area contributed by atoms with Gasteiger partial charge in [-0.1, -0.05) is 44.2 Å². The average Bonchev–Trinajstić information content (AvgIpc) is 2.54. The molecule has 2 atom stereocenters. The fraction of sp³-hybridized carbons (Fsp3) is 0.471. The van der Waals surface area contributed by atoms with Gasteiger partial charge >= 0.3 is 12.0 Å². The molecule has 0 heterocycles. The molecule has 0 aromatic heterocycles. The minimum atomic E-state index is -0.651. The van der Waals surface area contributed by atoms with Gasteiger partial charge < -0.3 is 10.1 Å². The molecule has 3 amide bonds. The molecule has 0 radical (unpaired) electrons.